The van der Waals surface area contributed by atoms with Crippen molar-refractivity contribution < 1.29 is 4.74 Å². The maximum absolute atomic E-state index is 5.99. The highest BCUT2D eigenvalue weighted by Gasteiger charge is 2.17. The molecule has 2 aliphatic rings. The lowest BCUT2D eigenvalue weighted by Crippen LogP contribution is -2.15. The molecular weight excluding hydrogens is 264 g/mol. The molecule has 1 saturated carbocycles. The molecule has 1 unspecified atom stereocenters. The lowest BCUT2D eigenvalue weighted by molar-refractivity contribution is 0.148. The molecule has 0 heterocycles. The molecule has 20 heavy (non-hydrogen) atoms. The highest BCUT2D eigenvalue weighted by atomic mass is 32.2. The van der Waals surface area contributed by atoms with Gasteiger partial charge in [-0.25, -0.2) is 0 Å². The van der Waals surface area contributed by atoms with E-state index in [2.05, 4.69) is 25.2 Å². The van der Waals surface area contributed by atoms with Crippen molar-refractivity contribution in [2.75, 3.05) is 12.4 Å². The van der Waals surface area contributed by atoms with Gasteiger partial charge in [0.25, 0.3) is 0 Å². The summed E-state index contributed by atoms with van der Waals surface area (Å²) in [4.78, 5) is 0. The Balaban J connectivity index is 1.59. The highest BCUT2D eigenvalue weighted by Crippen LogP contribution is 2.25. The van der Waals surface area contributed by atoms with Crippen LogP contribution in [0.2, 0.25) is 0 Å². The summed E-state index contributed by atoms with van der Waals surface area (Å²) in [6.07, 6.45) is 19.1. The minimum Gasteiger partial charge on any atom is -0.494 e. The van der Waals surface area contributed by atoms with Crippen molar-refractivity contribution in [3.63, 3.8) is 0 Å². The van der Waals surface area contributed by atoms with E-state index in [9.17, 15) is 0 Å². The van der Waals surface area contributed by atoms with Crippen molar-refractivity contribution in [2.45, 2.75) is 70.0 Å². The Bertz CT molecular complexity index is 315. The Morgan fingerprint density at radius 2 is 2.05 bits per heavy atom. The van der Waals surface area contributed by atoms with Crippen LogP contribution in [-0.2, 0) is 16.5 Å². The molecule has 1 fully saturated rings. The second-order valence-electron chi connectivity index (χ2n) is 6.20. The van der Waals surface area contributed by atoms with Gasteiger partial charge in [-0.1, -0.05) is 32.6 Å². The quantitative estimate of drug-likeness (QED) is 0.355. The summed E-state index contributed by atoms with van der Waals surface area (Å²) in [5.41, 5.74) is 0. The Labute approximate surface area is 129 Å². The molecule has 0 aromatic carbocycles. The van der Waals surface area contributed by atoms with Gasteiger partial charge in [-0.15, -0.1) is 0 Å². The number of hydrogen-bond donors (Lipinski definition) is 0. The summed E-state index contributed by atoms with van der Waals surface area (Å²) >= 11 is 1.60. The third kappa shape index (κ3) is 5.95. The smallest absolute Gasteiger partial charge is 0.138 e. The molecule has 2 aliphatic carbocycles. The van der Waals surface area contributed by atoms with E-state index in [1.165, 1.54) is 63.5 Å². The van der Waals surface area contributed by atoms with Gasteiger partial charge in [0.2, 0.25) is 0 Å². The zero-order chi connectivity index (χ0) is 14.0. The van der Waals surface area contributed by atoms with Crippen molar-refractivity contribution in [1.82, 2.24) is 0 Å². The van der Waals surface area contributed by atoms with Crippen LogP contribution in [0.25, 0.3) is 0 Å². The summed E-state index contributed by atoms with van der Waals surface area (Å²) < 4.78 is 5.99. The standard InChI is InChI=1S/C18H30OS/c1-2-3-7-14-20-18-12-10-17(11-13-18)19-15-16-8-5-4-6-9-16/h10-12,16,18H,2-9,13-15H2,1H3/p+1. The van der Waals surface area contributed by atoms with Gasteiger partial charge in [0.15, 0.2) is 0 Å². The van der Waals surface area contributed by atoms with Gasteiger partial charge in [-0.3, -0.25) is 0 Å². The lowest BCUT2D eigenvalue weighted by Gasteiger charge is -2.22. The third-order valence-electron chi connectivity index (χ3n) is 4.38. The maximum atomic E-state index is 5.99. The first-order chi connectivity index (χ1) is 9.88. The molecule has 0 aliphatic heterocycles. The van der Waals surface area contributed by atoms with Crippen molar-refractivity contribution >= 4 is 11.8 Å². The van der Waals surface area contributed by atoms with E-state index >= 15 is 0 Å². The molecule has 2 rings (SSSR count). The third-order valence-corrected chi connectivity index (χ3v) is 5.81. The highest BCUT2D eigenvalue weighted by molar-refractivity contribution is 7.79. The SMILES string of the molecule is CCCCC[SH+]C1C=CC(OCC2CCCCC2)=CC1. The number of hydrogen-bond acceptors (Lipinski definition) is 1. The topological polar surface area (TPSA) is 9.23 Å². The molecule has 0 aromatic rings. The van der Waals surface area contributed by atoms with Crippen LogP contribution in [0.4, 0.5) is 0 Å². The fourth-order valence-corrected chi connectivity index (χ4v) is 4.22. The van der Waals surface area contributed by atoms with Crippen LogP contribution in [0.1, 0.15) is 64.7 Å². The Morgan fingerprint density at radius 3 is 2.75 bits per heavy atom. The van der Waals surface area contributed by atoms with Crippen LogP contribution in [0, 0.1) is 5.92 Å². The van der Waals surface area contributed by atoms with Crippen molar-refractivity contribution in [3.8, 4) is 0 Å². The van der Waals surface area contributed by atoms with Gasteiger partial charge in [-0.05, 0) is 61.6 Å². The average molecular weight is 296 g/mol. The minimum absolute atomic E-state index is 0.730. The summed E-state index contributed by atoms with van der Waals surface area (Å²) in [6.45, 7) is 3.21. The van der Waals surface area contributed by atoms with Gasteiger partial charge < -0.3 is 4.74 Å². The van der Waals surface area contributed by atoms with E-state index in [-0.39, 0.29) is 0 Å². The number of thiol groups is 1. The first-order valence-corrected chi connectivity index (χ1v) is 9.71. The molecule has 0 radical (unpaired) electrons. The Kier molecular flexibility index (Phi) is 7.64. The number of allylic oxidation sites excluding steroid dienone is 2. The molecule has 0 aromatic heterocycles. The molecule has 0 amide bonds. The number of ether oxygens (including phenoxy) is 1. The molecule has 1 atom stereocenters. The molecule has 0 bridgehead atoms. The zero-order valence-corrected chi connectivity index (χ0v) is 13.9. The van der Waals surface area contributed by atoms with E-state index in [1.54, 1.807) is 11.8 Å². The predicted octanol–water partition coefficient (Wildman–Crippen LogP) is 4.80. The van der Waals surface area contributed by atoms with Crippen molar-refractivity contribution in [1.29, 1.82) is 0 Å². The summed E-state index contributed by atoms with van der Waals surface area (Å²) in [6, 6.07) is 0. The Morgan fingerprint density at radius 1 is 1.20 bits per heavy atom. The van der Waals surface area contributed by atoms with E-state index in [0.717, 1.165) is 23.5 Å². The van der Waals surface area contributed by atoms with Gasteiger partial charge in [0, 0.05) is 6.42 Å². The summed E-state index contributed by atoms with van der Waals surface area (Å²) in [7, 11) is 0. The average Bonchev–Trinajstić information content (AvgIpc) is 2.52. The second kappa shape index (κ2) is 9.55. The number of unbranched alkanes of at least 4 members (excludes halogenated alkanes) is 2. The van der Waals surface area contributed by atoms with Crippen LogP contribution in [-0.4, -0.2) is 17.6 Å². The van der Waals surface area contributed by atoms with E-state index in [4.69, 9.17) is 4.74 Å². The summed E-state index contributed by atoms with van der Waals surface area (Å²) in [5.74, 6) is 3.29. The minimum atomic E-state index is 0.730. The fraction of sp³-hybridized carbons (Fsp3) is 0.778. The monoisotopic (exact) mass is 295 g/mol. The molecule has 0 N–H and O–H groups in total. The van der Waals surface area contributed by atoms with Gasteiger partial charge in [0.1, 0.15) is 16.8 Å². The second-order valence-corrected chi connectivity index (χ2v) is 7.67. The summed E-state index contributed by atoms with van der Waals surface area (Å²) in [5, 5.41) is 0.730. The van der Waals surface area contributed by atoms with E-state index in [1.807, 2.05) is 0 Å². The van der Waals surface area contributed by atoms with Crippen LogP contribution in [0.5, 0.6) is 0 Å². The van der Waals surface area contributed by atoms with Crippen LogP contribution in [0.15, 0.2) is 24.0 Å². The van der Waals surface area contributed by atoms with Gasteiger partial charge in [-0.2, -0.15) is 0 Å². The maximum Gasteiger partial charge on any atom is 0.138 e. The molecule has 114 valence electrons. The molecular formula is C18H31OS+. The molecule has 2 heteroatoms. The van der Waals surface area contributed by atoms with Crippen LogP contribution in [0.3, 0.4) is 0 Å². The first kappa shape index (κ1) is 16.0. The molecule has 0 spiro atoms. The van der Waals surface area contributed by atoms with Gasteiger partial charge in [0.05, 0.1) is 6.61 Å². The predicted molar refractivity (Wildman–Crippen MR) is 91.3 cm³/mol. The Hall–Kier alpha value is -0.370. The van der Waals surface area contributed by atoms with Crippen molar-refractivity contribution in [2.24, 2.45) is 5.92 Å². The number of rotatable bonds is 8. The van der Waals surface area contributed by atoms with E-state index < -0.39 is 0 Å². The van der Waals surface area contributed by atoms with Crippen LogP contribution >= 0.6 is 0 Å². The van der Waals surface area contributed by atoms with Crippen LogP contribution < -0.4 is 0 Å². The fourth-order valence-electron chi connectivity index (χ4n) is 3.02. The van der Waals surface area contributed by atoms with Gasteiger partial charge >= 0.3 is 0 Å². The normalized spacial score (nSPS) is 23.6. The molecule has 1 nitrogen and oxygen atoms in total. The first-order valence-electron chi connectivity index (χ1n) is 8.56. The molecule has 0 saturated heterocycles. The lowest BCUT2D eigenvalue weighted by atomic mass is 9.90. The largest absolute Gasteiger partial charge is 0.494 e. The van der Waals surface area contributed by atoms with E-state index in [0.29, 0.717) is 0 Å². The van der Waals surface area contributed by atoms with Crippen molar-refractivity contribution in [3.05, 3.63) is 24.0 Å². The zero-order valence-electron chi connectivity index (χ0n) is 13.0.